The molecule has 1 saturated heterocycles. The monoisotopic (exact) mass is 138 g/mol. The van der Waals surface area contributed by atoms with Crippen molar-refractivity contribution < 1.29 is 0 Å². The lowest BCUT2D eigenvalue weighted by Gasteiger charge is -2.22. The third kappa shape index (κ3) is 1.20. The van der Waals surface area contributed by atoms with Crippen molar-refractivity contribution in [3.05, 3.63) is 12.4 Å². The summed E-state index contributed by atoms with van der Waals surface area (Å²) in [4.78, 5) is 6.00. The van der Waals surface area contributed by atoms with Gasteiger partial charge in [-0.3, -0.25) is 0 Å². The second-order valence-electron chi connectivity index (χ2n) is 2.76. The molecule has 0 N–H and O–H groups in total. The predicted molar refractivity (Wildman–Crippen MR) is 44.1 cm³/mol. The molecule has 1 rings (SSSR count). The zero-order valence-electron chi connectivity index (χ0n) is 6.51. The van der Waals surface area contributed by atoms with Crippen LogP contribution in [0.2, 0.25) is 0 Å². The Balaban J connectivity index is 2.54. The van der Waals surface area contributed by atoms with Gasteiger partial charge in [0.15, 0.2) is 0 Å². The Kier molecular flexibility index (Phi) is 2.10. The first kappa shape index (κ1) is 7.32. The van der Waals surface area contributed by atoms with Crippen molar-refractivity contribution in [2.24, 2.45) is 4.99 Å². The van der Waals surface area contributed by atoms with E-state index >= 15 is 0 Å². The zero-order valence-corrected chi connectivity index (χ0v) is 6.51. The van der Waals surface area contributed by atoms with E-state index in [4.69, 9.17) is 0 Å². The lowest BCUT2D eigenvalue weighted by atomic mass is 10.2. The van der Waals surface area contributed by atoms with E-state index in [0.29, 0.717) is 6.04 Å². The van der Waals surface area contributed by atoms with Gasteiger partial charge in [-0.15, -0.1) is 0 Å². The lowest BCUT2D eigenvalue weighted by Crippen LogP contribution is -2.24. The van der Waals surface area contributed by atoms with E-state index < -0.39 is 0 Å². The number of nitrogens with zero attached hydrogens (tertiary/aromatic N) is 2. The highest BCUT2D eigenvalue weighted by Crippen LogP contribution is 2.20. The Bertz CT molecular complexity index is 151. The fourth-order valence-corrected chi connectivity index (χ4v) is 1.41. The minimum absolute atomic E-state index is 0.609. The minimum Gasteiger partial charge on any atom is -0.354 e. The highest BCUT2D eigenvalue weighted by atomic mass is 15.2. The second-order valence-corrected chi connectivity index (χ2v) is 2.76. The van der Waals surface area contributed by atoms with Gasteiger partial charge in [-0.05, 0) is 26.5 Å². The predicted octanol–water partition coefficient (Wildman–Crippen LogP) is 1.64. The summed E-state index contributed by atoms with van der Waals surface area (Å²) in [7, 11) is 0. The minimum atomic E-state index is 0.609. The molecule has 0 unspecified atom stereocenters. The van der Waals surface area contributed by atoms with Crippen molar-refractivity contribution in [3.8, 4) is 0 Å². The van der Waals surface area contributed by atoms with Gasteiger partial charge in [0.05, 0.1) is 0 Å². The van der Waals surface area contributed by atoms with Crippen molar-refractivity contribution in [1.82, 2.24) is 4.90 Å². The number of rotatable bonds is 2. The number of hydrogen-bond acceptors (Lipinski definition) is 2. The van der Waals surface area contributed by atoms with Crippen LogP contribution >= 0.6 is 0 Å². The van der Waals surface area contributed by atoms with Gasteiger partial charge in [-0.25, -0.2) is 4.99 Å². The smallest absolute Gasteiger partial charge is 0.120 e. The van der Waals surface area contributed by atoms with Gasteiger partial charge in [0.2, 0.25) is 0 Å². The maximum absolute atomic E-state index is 3.80. The molecule has 1 aliphatic heterocycles. The molecule has 10 heavy (non-hydrogen) atoms. The summed E-state index contributed by atoms with van der Waals surface area (Å²) < 4.78 is 0. The summed E-state index contributed by atoms with van der Waals surface area (Å²) in [5, 5.41) is 0. The average Bonchev–Trinajstić information content (AvgIpc) is 2.34. The van der Waals surface area contributed by atoms with E-state index in [0.717, 1.165) is 12.4 Å². The Hall–Kier alpha value is -0.790. The van der Waals surface area contributed by atoms with Crippen molar-refractivity contribution in [2.75, 3.05) is 6.54 Å². The number of aliphatic imine (C=N–C) groups is 1. The number of likely N-dealkylation sites (tertiary alicyclic amines) is 1. The van der Waals surface area contributed by atoms with Crippen LogP contribution in [0.3, 0.4) is 0 Å². The first-order valence-corrected chi connectivity index (χ1v) is 3.68. The van der Waals surface area contributed by atoms with E-state index in [-0.39, 0.29) is 0 Å². The molecule has 0 aromatic carbocycles. The molecule has 1 atom stereocenters. The first-order valence-electron chi connectivity index (χ1n) is 3.68. The Morgan fingerprint density at radius 2 is 2.40 bits per heavy atom. The van der Waals surface area contributed by atoms with E-state index in [1.54, 1.807) is 0 Å². The molecule has 0 bridgehead atoms. The van der Waals surface area contributed by atoms with E-state index in [1.165, 1.54) is 12.8 Å². The van der Waals surface area contributed by atoms with Gasteiger partial charge in [-0.2, -0.15) is 0 Å². The maximum Gasteiger partial charge on any atom is 0.120 e. The summed E-state index contributed by atoms with van der Waals surface area (Å²) in [6, 6.07) is 0.609. The van der Waals surface area contributed by atoms with Gasteiger partial charge >= 0.3 is 0 Å². The van der Waals surface area contributed by atoms with Crippen LogP contribution in [-0.4, -0.2) is 24.2 Å². The molecule has 0 radical (unpaired) electrons. The van der Waals surface area contributed by atoms with Crippen LogP contribution in [0.1, 0.15) is 19.8 Å². The molecular formula is C8H14N2. The third-order valence-corrected chi connectivity index (χ3v) is 2.07. The molecule has 2 heteroatoms. The van der Waals surface area contributed by atoms with Gasteiger partial charge in [0, 0.05) is 12.6 Å². The summed E-state index contributed by atoms with van der Waals surface area (Å²) in [5.74, 6) is 0.824. The highest BCUT2D eigenvalue weighted by Gasteiger charge is 2.20. The lowest BCUT2D eigenvalue weighted by molar-refractivity contribution is 0.339. The Morgan fingerprint density at radius 1 is 1.70 bits per heavy atom. The van der Waals surface area contributed by atoms with Gasteiger partial charge in [-0.1, -0.05) is 6.58 Å². The van der Waals surface area contributed by atoms with Gasteiger partial charge in [0.25, 0.3) is 0 Å². The van der Waals surface area contributed by atoms with Crippen LogP contribution in [0.5, 0.6) is 0 Å². The standard InChI is InChI=1S/C8H14N2/c1-7-5-4-6-10(7)8(2)9-3/h7H,2-6H2,1H3/t7-/m0/s1. The summed E-state index contributed by atoms with van der Waals surface area (Å²) in [5.41, 5.74) is 0. The first-order chi connectivity index (χ1) is 4.75. The fourth-order valence-electron chi connectivity index (χ4n) is 1.41. The largest absolute Gasteiger partial charge is 0.354 e. The topological polar surface area (TPSA) is 15.6 Å². The zero-order chi connectivity index (χ0) is 7.56. The third-order valence-electron chi connectivity index (χ3n) is 2.07. The summed E-state index contributed by atoms with van der Waals surface area (Å²) in [6.45, 7) is 10.5. The van der Waals surface area contributed by atoms with Crippen LogP contribution < -0.4 is 0 Å². The quantitative estimate of drug-likeness (QED) is 0.530. The van der Waals surface area contributed by atoms with Crippen molar-refractivity contribution >= 4 is 6.72 Å². The highest BCUT2D eigenvalue weighted by molar-refractivity contribution is 5.27. The summed E-state index contributed by atoms with van der Waals surface area (Å²) in [6.07, 6.45) is 2.52. The molecular weight excluding hydrogens is 124 g/mol. The Labute approximate surface area is 62.3 Å². The fraction of sp³-hybridized carbons (Fsp3) is 0.625. The van der Waals surface area contributed by atoms with E-state index in [2.05, 4.69) is 30.1 Å². The summed E-state index contributed by atoms with van der Waals surface area (Å²) >= 11 is 0. The molecule has 0 amide bonds. The molecule has 56 valence electrons. The molecule has 0 aliphatic carbocycles. The Morgan fingerprint density at radius 3 is 2.80 bits per heavy atom. The molecule has 0 aromatic rings. The molecule has 1 heterocycles. The maximum atomic E-state index is 3.80. The van der Waals surface area contributed by atoms with Crippen LogP contribution in [0.15, 0.2) is 17.4 Å². The van der Waals surface area contributed by atoms with Crippen LogP contribution in [0, 0.1) is 0 Å². The van der Waals surface area contributed by atoms with E-state index in [9.17, 15) is 0 Å². The van der Waals surface area contributed by atoms with Crippen molar-refractivity contribution in [3.63, 3.8) is 0 Å². The van der Waals surface area contributed by atoms with Crippen molar-refractivity contribution in [1.29, 1.82) is 0 Å². The average molecular weight is 138 g/mol. The second kappa shape index (κ2) is 2.86. The number of hydrogen-bond donors (Lipinski definition) is 0. The normalized spacial score (nSPS) is 24.9. The van der Waals surface area contributed by atoms with Gasteiger partial charge < -0.3 is 4.90 Å². The van der Waals surface area contributed by atoms with Gasteiger partial charge in [0.1, 0.15) is 5.82 Å². The molecule has 0 saturated carbocycles. The molecule has 1 fully saturated rings. The van der Waals surface area contributed by atoms with Crippen LogP contribution in [0.4, 0.5) is 0 Å². The van der Waals surface area contributed by atoms with Crippen LogP contribution in [-0.2, 0) is 0 Å². The van der Waals surface area contributed by atoms with Crippen LogP contribution in [0.25, 0.3) is 0 Å². The molecule has 1 aliphatic rings. The molecule has 2 nitrogen and oxygen atoms in total. The SMILES string of the molecule is C=NC(=C)N1CCC[C@@H]1C. The molecule has 0 aromatic heterocycles. The van der Waals surface area contributed by atoms with E-state index in [1.807, 2.05) is 0 Å². The van der Waals surface area contributed by atoms with Crippen molar-refractivity contribution in [2.45, 2.75) is 25.8 Å². The molecule has 0 spiro atoms.